The zero-order valence-corrected chi connectivity index (χ0v) is 13.0. The van der Waals surface area contributed by atoms with Crippen LogP contribution in [0.3, 0.4) is 0 Å². The van der Waals surface area contributed by atoms with Crippen molar-refractivity contribution in [3.63, 3.8) is 0 Å². The maximum atomic E-state index is 10.2. The Kier molecular flexibility index (Phi) is 4.20. The Morgan fingerprint density at radius 3 is 2.79 bits per heavy atom. The molecule has 14 heavy (non-hydrogen) atoms. The minimum atomic E-state index is -0.346. The maximum absolute atomic E-state index is 10.2. The molecule has 0 aliphatic carbocycles. The topological polar surface area (TPSA) is 20.2 Å². The van der Waals surface area contributed by atoms with Gasteiger partial charge < -0.3 is 5.11 Å². The van der Waals surface area contributed by atoms with Gasteiger partial charge in [-0.1, -0.05) is 28.7 Å². The molecular weight excluding hydrogens is 442 g/mol. The van der Waals surface area contributed by atoms with Crippen molar-refractivity contribution < 1.29 is 5.11 Å². The Bertz CT molecular complexity index is 350. The smallest absolute Gasteiger partial charge is 0.0889 e. The highest BCUT2D eigenvalue weighted by molar-refractivity contribution is 14.1. The van der Waals surface area contributed by atoms with E-state index in [0.29, 0.717) is 3.26 Å². The van der Waals surface area contributed by atoms with Crippen molar-refractivity contribution >= 4 is 68.3 Å². The number of aliphatic hydroxyl groups excluding tert-OH is 1. The molecule has 0 bridgehead atoms. The molecule has 2 heterocycles. The van der Waals surface area contributed by atoms with E-state index in [0.717, 1.165) is 5.56 Å². The third-order valence-corrected chi connectivity index (χ3v) is 6.84. The monoisotopic (exact) mass is 450 g/mol. The predicted octanol–water partition coefficient (Wildman–Crippen LogP) is 4.02. The number of rotatable bonds is 2. The summed E-state index contributed by atoms with van der Waals surface area (Å²) in [6.07, 6.45) is 1.77. The van der Waals surface area contributed by atoms with Gasteiger partial charge in [0, 0.05) is 11.5 Å². The molecule has 1 aliphatic heterocycles. The molecule has 0 saturated heterocycles. The molecule has 1 aromatic rings. The summed E-state index contributed by atoms with van der Waals surface area (Å²) in [6, 6.07) is 2.03. The van der Waals surface area contributed by atoms with Gasteiger partial charge in [-0.25, -0.2) is 0 Å². The fourth-order valence-corrected chi connectivity index (χ4v) is 4.94. The van der Waals surface area contributed by atoms with E-state index in [1.165, 1.54) is 2.88 Å². The predicted molar refractivity (Wildman–Crippen MR) is 80.0 cm³/mol. The van der Waals surface area contributed by atoms with Gasteiger partial charge in [-0.2, -0.15) is 0 Å². The quantitative estimate of drug-likeness (QED) is 0.543. The van der Waals surface area contributed by atoms with Crippen LogP contribution in [-0.2, 0) is 0 Å². The van der Waals surface area contributed by atoms with Crippen LogP contribution in [0, 0.1) is 8.80 Å². The van der Waals surface area contributed by atoms with Crippen molar-refractivity contribution in [2.75, 3.05) is 0 Å². The Morgan fingerprint density at radius 1 is 1.50 bits per heavy atom. The van der Waals surface area contributed by atoms with Gasteiger partial charge in [0.05, 0.1) is 12.2 Å². The molecule has 3 atom stereocenters. The molecule has 0 radical (unpaired) electrons. The molecule has 0 amide bonds. The largest absolute Gasteiger partial charge is 0.388 e. The molecule has 76 valence electrons. The minimum absolute atomic E-state index is 0.253. The van der Waals surface area contributed by atoms with Crippen LogP contribution in [0.15, 0.2) is 22.9 Å². The first-order valence-electron chi connectivity index (χ1n) is 4.07. The number of hydrogen-bond acceptors (Lipinski definition) is 3. The standard InChI is InChI=1S/C9H8I2OS2/c10-8-5(1-3-13-8)7(12)6-2-4-14-9(6)11/h1-5,7-8,12H. The molecule has 0 aromatic carbocycles. The second-order valence-corrected chi connectivity index (χ2v) is 8.95. The molecular formula is C9H8I2OS2. The highest BCUT2D eigenvalue weighted by atomic mass is 127. The number of halogens is 2. The van der Waals surface area contributed by atoms with Gasteiger partial charge in [-0.3, -0.25) is 0 Å². The molecule has 3 unspecified atom stereocenters. The van der Waals surface area contributed by atoms with Crippen molar-refractivity contribution in [3.8, 4) is 0 Å². The lowest BCUT2D eigenvalue weighted by atomic mass is 10.0. The normalized spacial score (nSPS) is 28.2. The molecule has 1 nitrogen and oxygen atoms in total. The van der Waals surface area contributed by atoms with Crippen molar-refractivity contribution in [1.29, 1.82) is 0 Å². The van der Waals surface area contributed by atoms with Gasteiger partial charge in [-0.05, 0) is 39.4 Å². The van der Waals surface area contributed by atoms with E-state index < -0.39 is 0 Å². The van der Waals surface area contributed by atoms with Crippen molar-refractivity contribution in [2.45, 2.75) is 9.36 Å². The van der Waals surface area contributed by atoms with Gasteiger partial charge in [-0.15, -0.1) is 23.1 Å². The first-order valence-corrected chi connectivity index (χ1v) is 8.22. The Labute approximate surface area is 119 Å². The number of thiophene rings is 1. The summed E-state index contributed by atoms with van der Waals surface area (Å²) in [6.45, 7) is 0. The van der Waals surface area contributed by atoms with E-state index >= 15 is 0 Å². The lowest BCUT2D eigenvalue weighted by Crippen LogP contribution is -2.15. The number of alkyl halides is 1. The third-order valence-electron chi connectivity index (χ3n) is 2.14. The maximum Gasteiger partial charge on any atom is 0.0889 e. The summed E-state index contributed by atoms with van der Waals surface area (Å²) in [5, 5.41) is 14.3. The summed E-state index contributed by atoms with van der Waals surface area (Å²) in [5.41, 5.74) is 1.08. The number of aliphatic hydroxyl groups is 1. The fourth-order valence-electron chi connectivity index (χ4n) is 1.36. The van der Waals surface area contributed by atoms with Crippen molar-refractivity contribution in [1.82, 2.24) is 0 Å². The van der Waals surface area contributed by atoms with Gasteiger partial charge in [0.15, 0.2) is 0 Å². The van der Waals surface area contributed by atoms with Crippen LogP contribution in [0.2, 0.25) is 0 Å². The Balaban J connectivity index is 2.19. The summed E-state index contributed by atoms with van der Waals surface area (Å²) in [7, 11) is 0. The molecule has 1 aliphatic rings. The zero-order valence-electron chi connectivity index (χ0n) is 7.06. The molecule has 0 spiro atoms. The highest BCUT2D eigenvalue weighted by Gasteiger charge is 2.30. The lowest BCUT2D eigenvalue weighted by Gasteiger charge is -2.19. The van der Waals surface area contributed by atoms with Gasteiger partial charge >= 0.3 is 0 Å². The molecule has 2 rings (SSSR count). The molecule has 0 fully saturated rings. The van der Waals surface area contributed by atoms with Crippen LogP contribution < -0.4 is 0 Å². The van der Waals surface area contributed by atoms with E-state index in [4.69, 9.17) is 0 Å². The van der Waals surface area contributed by atoms with Gasteiger partial charge in [0.1, 0.15) is 0 Å². The average molecular weight is 450 g/mol. The Morgan fingerprint density at radius 2 is 2.29 bits per heavy atom. The Hall–Kier alpha value is 1.21. The van der Waals surface area contributed by atoms with Crippen LogP contribution in [0.4, 0.5) is 0 Å². The van der Waals surface area contributed by atoms with Gasteiger partial charge in [0.25, 0.3) is 0 Å². The summed E-state index contributed by atoms with van der Waals surface area (Å²) in [5.74, 6) is 0.253. The highest BCUT2D eigenvalue weighted by Crippen LogP contribution is 2.42. The van der Waals surface area contributed by atoms with E-state index in [9.17, 15) is 5.11 Å². The third kappa shape index (κ3) is 2.31. The second-order valence-electron chi connectivity index (χ2n) is 2.99. The van der Waals surface area contributed by atoms with Crippen molar-refractivity contribution in [2.24, 2.45) is 5.92 Å². The number of hydrogen-bond donors (Lipinski definition) is 1. The first-order chi connectivity index (χ1) is 6.70. The van der Waals surface area contributed by atoms with Crippen molar-refractivity contribution in [3.05, 3.63) is 31.4 Å². The van der Waals surface area contributed by atoms with Gasteiger partial charge in [0.2, 0.25) is 0 Å². The first kappa shape index (κ1) is 11.7. The summed E-state index contributed by atoms with van der Waals surface area (Å²) in [4.78, 5) is 0. The minimum Gasteiger partial charge on any atom is -0.388 e. The van der Waals surface area contributed by atoms with Crippen LogP contribution in [-0.4, -0.2) is 8.36 Å². The lowest BCUT2D eigenvalue weighted by molar-refractivity contribution is 0.140. The van der Waals surface area contributed by atoms with E-state index in [2.05, 4.69) is 56.7 Å². The second kappa shape index (κ2) is 5.03. The zero-order chi connectivity index (χ0) is 10.1. The van der Waals surface area contributed by atoms with E-state index in [-0.39, 0.29) is 12.0 Å². The summed E-state index contributed by atoms with van der Waals surface area (Å²) < 4.78 is 1.65. The number of thioether (sulfide) groups is 1. The fraction of sp³-hybridized carbons (Fsp3) is 0.333. The summed E-state index contributed by atoms with van der Waals surface area (Å²) >= 11 is 8.15. The molecule has 5 heteroatoms. The molecule has 1 aromatic heterocycles. The molecule has 0 saturated carbocycles. The average Bonchev–Trinajstić information content (AvgIpc) is 2.73. The molecule has 1 N–H and O–H groups in total. The van der Waals surface area contributed by atoms with Crippen LogP contribution in [0.1, 0.15) is 11.7 Å². The van der Waals surface area contributed by atoms with Crippen LogP contribution >= 0.6 is 68.3 Å². The van der Waals surface area contributed by atoms with E-state index in [1.807, 2.05) is 11.4 Å². The van der Waals surface area contributed by atoms with Crippen LogP contribution in [0.5, 0.6) is 0 Å². The van der Waals surface area contributed by atoms with Crippen LogP contribution in [0.25, 0.3) is 0 Å². The SMILES string of the molecule is OC(c1ccsc1I)C1C=CSC1I. The van der Waals surface area contributed by atoms with E-state index in [1.54, 1.807) is 23.1 Å².